The highest BCUT2D eigenvalue weighted by Crippen LogP contribution is 2.18. The fourth-order valence-corrected chi connectivity index (χ4v) is 1.77. The number of phenolic OH excluding ortho intramolecular Hbond substituents is 1. The highest BCUT2D eigenvalue weighted by Gasteiger charge is 2.02. The van der Waals surface area contributed by atoms with Crippen LogP contribution in [0.25, 0.3) is 0 Å². The number of nitrogens with zero attached hydrogens (tertiary/aromatic N) is 2. The molecule has 0 aliphatic heterocycles. The summed E-state index contributed by atoms with van der Waals surface area (Å²) in [6, 6.07) is 14.6. The zero-order valence-corrected chi connectivity index (χ0v) is 12.0. The van der Waals surface area contributed by atoms with Gasteiger partial charge in [0.25, 0.3) is 0 Å². The first-order valence-corrected chi connectivity index (χ1v) is 6.56. The van der Waals surface area contributed by atoms with Crippen molar-refractivity contribution in [3.05, 3.63) is 64.7 Å². The Kier molecular flexibility index (Phi) is 4.57. The topological polar surface area (TPSA) is 65.6 Å². The lowest BCUT2D eigenvalue weighted by Crippen LogP contribution is -1.97. The Labute approximate surface area is 123 Å². The molecule has 2 aromatic rings. The van der Waals surface area contributed by atoms with Gasteiger partial charge in [0.1, 0.15) is 12.4 Å². The zero-order valence-electron chi connectivity index (χ0n) is 12.0. The maximum Gasteiger partial charge on any atom is 0.142 e. The zero-order chi connectivity index (χ0) is 15.2. The Bertz CT molecular complexity index is 698. The monoisotopic (exact) mass is 280 g/mol. The summed E-state index contributed by atoms with van der Waals surface area (Å²) in [6.07, 6.45) is 0. The molecule has 0 radical (unpaired) electrons. The fourth-order valence-electron chi connectivity index (χ4n) is 1.77. The number of benzene rings is 2. The minimum absolute atomic E-state index is 0.245. The normalized spacial score (nSPS) is 11.0. The van der Waals surface area contributed by atoms with Crippen molar-refractivity contribution < 1.29 is 9.94 Å². The quantitative estimate of drug-likeness (QED) is 0.688. The van der Waals surface area contributed by atoms with Crippen molar-refractivity contribution in [3.8, 4) is 11.8 Å². The van der Waals surface area contributed by atoms with Crippen LogP contribution in [0, 0.1) is 18.3 Å². The van der Waals surface area contributed by atoms with Gasteiger partial charge in [0.2, 0.25) is 0 Å². The molecule has 0 aromatic heterocycles. The minimum atomic E-state index is 0.245. The Morgan fingerprint density at radius 1 is 1.24 bits per heavy atom. The third-order valence-corrected chi connectivity index (χ3v) is 3.14. The standard InChI is InChI=1S/C17H16N2O2/c1-12-3-8-16(9-17(12)20)13(2)19-21-11-15-6-4-14(10-18)5-7-15/h3-9,20H,11H2,1-2H3/b19-13+. The van der Waals surface area contributed by atoms with Crippen molar-refractivity contribution in [3.63, 3.8) is 0 Å². The van der Waals surface area contributed by atoms with Crippen molar-refractivity contribution in [2.24, 2.45) is 5.16 Å². The molecule has 0 heterocycles. The first kappa shape index (κ1) is 14.6. The lowest BCUT2D eigenvalue weighted by molar-refractivity contribution is 0.130. The van der Waals surface area contributed by atoms with E-state index in [9.17, 15) is 5.11 Å². The van der Waals surface area contributed by atoms with Crippen LogP contribution in [0.1, 0.15) is 29.2 Å². The van der Waals surface area contributed by atoms with E-state index in [1.807, 2.05) is 38.1 Å². The predicted octanol–water partition coefficient (Wildman–Crippen LogP) is 3.51. The van der Waals surface area contributed by atoms with Gasteiger partial charge in [-0.05, 0) is 43.2 Å². The van der Waals surface area contributed by atoms with E-state index in [0.717, 1.165) is 16.7 Å². The summed E-state index contributed by atoms with van der Waals surface area (Å²) < 4.78 is 0. The second kappa shape index (κ2) is 6.58. The molecule has 1 N–H and O–H groups in total. The third kappa shape index (κ3) is 3.83. The lowest BCUT2D eigenvalue weighted by atomic mass is 10.1. The van der Waals surface area contributed by atoms with Crippen LogP contribution in [-0.4, -0.2) is 10.8 Å². The number of aromatic hydroxyl groups is 1. The molecule has 0 amide bonds. The van der Waals surface area contributed by atoms with Crippen LogP contribution in [0.2, 0.25) is 0 Å². The molecule has 4 heteroatoms. The van der Waals surface area contributed by atoms with E-state index < -0.39 is 0 Å². The van der Waals surface area contributed by atoms with Gasteiger partial charge in [-0.25, -0.2) is 0 Å². The summed E-state index contributed by atoms with van der Waals surface area (Å²) in [5.41, 5.74) is 3.90. The van der Waals surface area contributed by atoms with Crippen LogP contribution in [0.4, 0.5) is 0 Å². The van der Waals surface area contributed by atoms with Crippen LogP contribution >= 0.6 is 0 Å². The number of aryl methyl sites for hydroxylation is 1. The van der Waals surface area contributed by atoms with E-state index in [1.165, 1.54) is 0 Å². The van der Waals surface area contributed by atoms with Gasteiger partial charge in [0, 0.05) is 5.56 Å². The highest BCUT2D eigenvalue weighted by atomic mass is 16.6. The van der Waals surface area contributed by atoms with E-state index in [-0.39, 0.29) is 5.75 Å². The largest absolute Gasteiger partial charge is 0.508 e. The van der Waals surface area contributed by atoms with Crippen molar-refractivity contribution in [1.29, 1.82) is 5.26 Å². The van der Waals surface area contributed by atoms with Crippen LogP contribution in [0.5, 0.6) is 5.75 Å². The van der Waals surface area contributed by atoms with E-state index in [0.29, 0.717) is 17.9 Å². The van der Waals surface area contributed by atoms with Crippen molar-refractivity contribution in [2.75, 3.05) is 0 Å². The Morgan fingerprint density at radius 2 is 1.95 bits per heavy atom. The molecule has 0 unspecified atom stereocenters. The van der Waals surface area contributed by atoms with E-state index in [2.05, 4.69) is 11.2 Å². The molecule has 0 spiro atoms. The number of phenols is 1. The minimum Gasteiger partial charge on any atom is -0.508 e. The number of rotatable bonds is 4. The molecular weight excluding hydrogens is 264 g/mol. The van der Waals surface area contributed by atoms with E-state index >= 15 is 0 Å². The van der Waals surface area contributed by atoms with Gasteiger partial charge in [-0.15, -0.1) is 0 Å². The molecule has 2 aromatic carbocycles. The summed E-state index contributed by atoms with van der Waals surface area (Å²) in [4.78, 5) is 5.30. The Balaban J connectivity index is 1.99. The molecule has 0 aliphatic rings. The highest BCUT2D eigenvalue weighted by molar-refractivity contribution is 5.98. The predicted molar refractivity (Wildman–Crippen MR) is 81.0 cm³/mol. The number of hydrogen-bond donors (Lipinski definition) is 1. The van der Waals surface area contributed by atoms with Crippen LogP contribution in [0.15, 0.2) is 47.6 Å². The van der Waals surface area contributed by atoms with Gasteiger partial charge in [-0.3, -0.25) is 0 Å². The molecular formula is C17H16N2O2. The van der Waals surface area contributed by atoms with E-state index in [4.69, 9.17) is 10.1 Å². The van der Waals surface area contributed by atoms with Gasteiger partial charge in [-0.1, -0.05) is 29.4 Å². The van der Waals surface area contributed by atoms with Gasteiger partial charge >= 0.3 is 0 Å². The number of oxime groups is 1. The summed E-state index contributed by atoms with van der Waals surface area (Å²) in [7, 11) is 0. The molecule has 0 atom stereocenters. The van der Waals surface area contributed by atoms with Crippen LogP contribution < -0.4 is 0 Å². The second-order valence-electron chi connectivity index (χ2n) is 4.76. The van der Waals surface area contributed by atoms with Gasteiger partial charge < -0.3 is 9.94 Å². The second-order valence-corrected chi connectivity index (χ2v) is 4.76. The van der Waals surface area contributed by atoms with Gasteiger partial charge in [0.15, 0.2) is 0 Å². The van der Waals surface area contributed by atoms with Crippen molar-refractivity contribution in [1.82, 2.24) is 0 Å². The summed E-state index contributed by atoms with van der Waals surface area (Å²) in [5, 5.41) is 22.4. The molecule has 21 heavy (non-hydrogen) atoms. The summed E-state index contributed by atoms with van der Waals surface area (Å²) in [5.74, 6) is 0.245. The number of nitriles is 1. The maximum atomic E-state index is 9.68. The number of hydrogen-bond acceptors (Lipinski definition) is 4. The van der Waals surface area contributed by atoms with E-state index in [1.54, 1.807) is 18.2 Å². The fraction of sp³-hybridized carbons (Fsp3) is 0.176. The van der Waals surface area contributed by atoms with Gasteiger partial charge in [0.05, 0.1) is 17.3 Å². The van der Waals surface area contributed by atoms with Gasteiger partial charge in [-0.2, -0.15) is 5.26 Å². The maximum absolute atomic E-state index is 9.68. The Hall–Kier alpha value is -2.80. The Morgan fingerprint density at radius 3 is 2.57 bits per heavy atom. The lowest BCUT2D eigenvalue weighted by Gasteiger charge is -2.05. The molecule has 2 rings (SSSR count). The molecule has 0 bridgehead atoms. The molecule has 0 aliphatic carbocycles. The molecule has 4 nitrogen and oxygen atoms in total. The third-order valence-electron chi connectivity index (χ3n) is 3.14. The first-order valence-electron chi connectivity index (χ1n) is 6.56. The van der Waals surface area contributed by atoms with Crippen molar-refractivity contribution >= 4 is 5.71 Å². The molecule has 106 valence electrons. The average Bonchev–Trinajstić information content (AvgIpc) is 2.50. The smallest absolute Gasteiger partial charge is 0.142 e. The van der Waals surface area contributed by atoms with Crippen LogP contribution in [-0.2, 0) is 11.4 Å². The van der Waals surface area contributed by atoms with Crippen LogP contribution in [0.3, 0.4) is 0 Å². The first-order chi connectivity index (χ1) is 10.1. The average molecular weight is 280 g/mol. The SMILES string of the molecule is C/C(=N\OCc1ccc(C#N)cc1)c1ccc(C)c(O)c1. The van der Waals surface area contributed by atoms with Crippen molar-refractivity contribution in [2.45, 2.75) is 20.5 Å². The summed E-state index contributed by atoms with van der Waals surface area (Å²) >= 11 is 0. The summed E-state index contributed by atoms with van der Waals surface area (Å²) in [6.45, 7) is 4.00. The molecule has 0 fully saturated rings. The molecule has 0 saturated carbocycles. The molecule has 0 saturated heterocycles.